The number of carbonyl (C=O) groups is 1. The van der Waals surface area contributed by atoms with E-state index in [1.807, 2.05) is 0 Å². The van der Waals surface area contributed by atoms with E-state index in [1.54, 1.807) is 23.0 Å². The van der Waals surface area contributed by atoms with Gasteiger partial charge >= 0.3 is 5.97 Å². The second-order valence-electron chi connectivity index (χ2n) is 3.34. The van der Waals surface area contributed by atoms with Crippen LogP contribution in [0.3, 0.4) is 0 Å². The van der Waals surface area contributed by atoms with Gasteiger partial charge in [0.1, 0.15) is 17.9 Å². The van der Waals surface area contributed by atoms with Crippen LogP contribution in [0.25, 0.3) is 5.52 Å². The fourth-order valence-electron chi connectivity index (χ4n) is 1.38. The van der Waals surface area contributed by atoms with E-state index in [1.165, 1.54) is 0 Å². The zero-order valence-corrected chi connectivity index (χ0v) is 9.59. The highest BCUT2D eigenvalue weighted by Crippen LogP contribution is 2.15. The first kappa shape index (κ1) is 11.8. The van der Waals surface area contributed by atoms with Gasteiger partial charge in [0, 0.05) is 12.4 Å². The topological polar surface area (TPSA) is 76.7 Å². The number of carboxylic acid groups (broad SMARTS) is 1. The van der Waals surface area contributed by atoms with Crippen molar-refractivity contribution in [2.24, 2.45) is 0 Å². The molecule has 0 unspecified atom stereocenters. The molecule has 0 fully saturated rings. The van der Waals surface area contributed by atoms with Gasteiger partial charge < -0.3 is 9.84 Å². The molecule has 0 aliphatic heterocycles. The van der Waals surface area contributed by atoms with Crippen LogP contribution in [0.15, 0.2) is 18.6 Å². The summed E-state index contributed by atoms with van der Waals surface area (Å²) in [6.45, 7) is 0.394. The van der Waals surface area contributed by atoms with Crippen molar-refractivity contribution >= 4 is 23.1 Å². The Hall–Kier alpha value is -1.66. The van der Waals surface area contributed by atoms with Crippen LogP contribution in [0.5, 0.6) is 0 Å². The summed E-state index contributed by atoms with van der Waals surface area (Å²) in [6, 6.07) is 0. The highest BCUT2D eigenvalue weighted by molar-refractivity contribution is 6.32. The Morgan fingerprint density at radius 2 is 2.35 bits per heavy atom. The monoisotopic (exact) mass is 255 g/mol. The average molecular weight is 256 g/mol. The number of aromatic nitrogens is 3. The Kier molecular flexibility index (Phi) is 3.55. The number of hydrogen-bond acceptors (Lipinski definition) is 4. The van der Waals surface area contributed by atoms with Gasteiger partial charge in [0.25, 0.3) is 0 Å². The van der Waals surface area contributed by atoms with Crippen molar-refractivity contribution in [2.75, 3.05) is 6.61 Å². The van der Waals surface area contributed by atoms with Crippen molar-refractivity contribution in [1.29, 1.82) is 0 Å². The predicted octanol–water partition coefficient (Wildman–Crippen LogP) is 1.37. The first-order valence-corrected chi connectivity index (χ1v) is 5.32. The van der Waals surface area contributed by atoms with Gasteiger partial charge in [-0.15, -0.1) is 0 Å². The zero-order valence-electron chi connectivity index (χ0n) is 8.84. The van der Waals surface area contributed by atoms with Gasteiger partial charge in [-0.3, -0.25) is 9.20 Å². The number of nitrogens with zero attached hydrogens (tertiary/aromatic N) is 3. The quantitative estimate of drug-likeness (QED) is 0.817. The van der Waals surface area contributed by atoms with Crippen LogP contribution >= 0.6 is 11.6 Å². The smallest absolute Gasteiger partial charge is 0.305 e. The molecule has 7 heteroatoms. The fraction of sp³-hybridized carbons (Fsp3) is 0.300. The second-order valence-corrected chi connectivity index (χ2v) is 3.70. The lowest BCUT2D eigenvalue weighted by atomic mass is 10.5. The zero-order chi connectivity index (χ0) is 12.3. The number of rotatable bonds is 5. The minimum Gasteiger partial charge on any atom is -0.481 e. The highest BCUT2D eigenvalue weighted by atomic mass is 35.5. The number of halogens is 1. The maximum absolute atomic E-state index is 10.3. The molecule has 1 N–H and O–H groups in total. The van der Waals surface area contributed by atoms with Gasteiger partial charge in [-0.05, 0) is 0 Å². The average Bonchev–Trinajstić information content (AvgIpc) is 2.69. The molecule has 0 atom stereocenters. The molecule has 0 aromatic carbocycles. The molecule has 6 nitrogen and oxygen atoms in total. The molecule has 2 heterocycles. The van der Waals surface area contributed by atoms with E-state index in [0.717, 1.165) is 0 Å². The summed E-state index contributed by atoms with van der Waals surface area (Å²) in [4.78, 5) is 18.4. The Morgan fingerprint density at radius 1 is 1.53 bits per heavy atom. The van der Waals surface area contributed by atoms with Gasteiger partial charge in [0.05, 0.1) is 19.2 Å². The maximum Gasteiger partial charge on any atom is 0.305 e. The van der Waals surface area contributed by atoms with Crippen molar-refractivity contribution < 1.29 is 14.6 Å². The summed E-state index contributed by atoms with van der Waals surface area (Å²) < 4.78 is 6.97. The van der Waals surface area contributed by atoms with E-state index in [9.17, 15) is 4.79 Å². The molecule has 0 saturated carbocycles. The molecule has 17 heavy (non-hydrogen) atoms. The number of ether oxygens (including phenoxy) is 1. The van der Waals surface area contributed by atoms with Crippen LogP contribution in [0, 0.1) is 0 Å². The van der Waals surface area contributed by atoms with Crippen LogP contribution in [0.1, 0.15) is 12.2 Å². The van der Waals surface area contributed by atoms with Crippen molar-refractivity contribution in [3.8, 4) is 0 Å². The summed E-state index contributed by atoms with van der Waals surface area (Å²) in [5, 5.41) is 8.82. The number of fused-ring (bicyclic) bond motifs is 1. The van der Waals surface area contributed by atoms with Crippen LogP contribution in [-0.2, 0) is 16.1 Å². The normalized spacial score (nSPS) is 10.9. The summed E-state index contributed by atoms with van der Waals surface area (Å²) in [7, 11) is 0. The summed E-state index contributed by atoms with van der Waals surface area (Å²) in [6.07, 6.45) is 4.87. The van der Waals surface area contributed by atoms with Crippen LogP contribution in [-0.4, -0.2) is 32.1 Å². The molecular weight excluding hydrogens is 246 g/mol. The molecule has 2 rings (SSSR count). The lowest BCUT2D eigenvalue weighted by Gasteiger charge is -2.02. The summed E-state index contributed by atoms with van der Waals surface area (Å²) >= 11 is 5.88. The third-order valence-corrected chi connectivity index (χ3v) is 2.47. The standard InChI is InChI=1S/C10H10ClN3O3/c11-10-7-5-13-8(14(7)3-2-12-10)6-17-4-1-9(15)16/h2-3,5H,1,4,6H2,(H,15,16). The van der Waals surface area contributed by atoms with E-state index < -0.39 is 5.97 Å². The number of carboxylic acids is 1. The number of imidazole rings is 1. The van der Waals surface area contributed by atoms with Gasteiger partial charge in [-0.1, -0.05) is 11.6 Å². The summed E-state index contributed by atoms with van der Waals surface area (Å²) in [5.41, 5.74) is 0.700. The van der Waals surface area contributed by atoms with Gasteiger partial charge in [-0.25, -0.2) is 9.97 Å². The van der Waals surface area contributed by atoms with E-state index in [-0.39, 0.29) is 19.6 Å². The Bertz CT molecular complexity index is 541. The van der Waals surface area contributed by atoms with Crippen molar-refractivity contribution in [3.63, 3.8) is 0 Å². The molecule has 0 spiro atoms. The molecule has 0 amide bonds. The first-order chi connectivity index (χ1) is 8.18. The van der Waals surface area contributed by atoms with E-state index in [2.05, 4.69) is 9.97 Å². The van der Waals surface area contributed by atoms with Crippen molar-refractivity contribution in [3.05, 3.63) is 29.6 Å². The fourth-order valence-corrected chi connectivity index (χ4v) is 1.58. The minimum absolute atomic E-state index is 0.0222. The summed E-state index contributed by atoms with van der Waals surface area (Å²) in [5.74, 6) is -0.222. The molecular formula is C10H10ClN3O3. The maximum atomic E-state index is 10.3. The lowest BCUT2D eigenvalue weighted by molar-refractivity contribution is -0.138. The van der Waals surface area contributed by atoms with Crippen LogP contribution in [0.2, 0.25) is 5.15 Å². The second kappa shape index (κ2) is 5.11. The molecule has 0 aliphatic rings. The molecule has 0 saturated heterocycles. The molecule has 0 aliphatic carbocycles. The SMILES string of the molecule is O=C(O)CCOCc1ncc2c(Cl)nccn12. The van der Waals surface area contributed by atoms with Crippen molar-refractivity contribution in [1.82, 2.24) is 14.4 Å². The molecule has 2 aromatic heterocycles. The third-order valence-electron chi connectivity index (χ3n) is 2.18. The van der Waals surface area contributed by atoms with E-state index >= 15 is 0 Å². The Balaban J connectivity index is 2.04. The van der Waals surface area contributed by atoms with Crippen LogP contribution < -0.4 is 0 Å². The minimum atomic E-state index is -0.884. The molecule has 0 radical (unpaired) electrons. The Morgan fingerprint density at radius 3 is 3.12 bits per heavy atom. The lowest BCUT2D eigenvalue weighted by Crippen LogP contribution is -2.04. The largest absolute Gasteiger partial charge is 0.481 e. The van der Waals surface area contributed by atoms with Crippen molar-refractivity contribution in [2.45, 2.75) is 13.0 Å². The molecule has 0 bridgehead atoms. The van der Waals surface area contributed by atoms with E-state index in [0.29, 0.717) is 16.5 Å². The predicted molar refractivity (Wildman–Crippen MR) is 59.9 cm³/mol. The van der Waals surface area contributed by atoms with Crippen LogP contribution in [0.4, 0.5) is 0 Å². The highest BCUT2D eigenvalue weighted by Gasteiger charge is 2.07. The van der Waals surface area contributed by atoms with E-state index in [4.69, 9.17) is 21.4 Å². The van der Waals surface area contributed by atoms with Gasteiger partial charge in [0.2, 0.25) is 0 Å². The molecule has 90 valence electrons. The van der Waals surface area contributed by atoms with Gasteiger partial charge in [-0.2, -0.15) is 0 Å². The number of aliphatic carboxylic acids is 1. The first-order valence-electron chi connectivity index (χ1n) is 4.94. The number of hydrogen-bond donors (Lipinski definition) is 1. The molecule has 2 aromatic rings. The van der Waals surface area contributed by atoms with Gasteiger partial charge in [0.15, 0.2) is 5.15 Å². The third kappa shape index (κ3) is 2.72. The Labute approximate surface area is 102 Å².